The van der Waals surface area contributed by atoms with E-state index in [1.165, 1.54) is 0 Å². The molecule has 1 N–H and O–H groups in total. The Morgan fingerprint density at radius 3 is 2.67 bits per heavy atom. The summed E-state index contributed by atoms with van der Waals surface area (Å²) in [5.74, 6) is -0.0152. The quantitative estimate of drug-likeness (QED) is 0.784. The van der Waals surface area contributed by atoms with Crippen molar-refractivity contribution >= 4 is 29.1 Å². The molecule has 0 aromatic heterocycles. The maximum absolute atomic E-state index is 11.6. The third kappa shape index (κ3) is 6.24. The highest BCUT2D eigenvalue weighted by atomic mass is 35.5. The minimum absolute atomic E-state index is 0.0152. The van der Waals surface area contributed by atoms with Crippen molar-refractivity contribution in [3.05, 3.63) is 34.9 Å². The number of rotatable bonds is 7. The summed E-state index contributed by atoms with van der Waals surface area (Å²) in [5, 5.41) is 3.43. The first-order valence-corrected chi connectivity index (χ1v) is 6.57. The van der Waals surface area contributed by atoms with Crippen LogP contribution in [0.2, 0.25) is 5.02 Å². The molecule has 0 radical (unpaired) electrons. The SMILES string of the molecule is COCC(Cl)CCNC(=O)Cc1ccc(Cl)cc1. The molecular formula is C13H17Cl2NO2. The molecule has 1 aromatic carbocycles. The first-order chi connectivity index (χ1) is 8.61. The number of carbonyl (C=O) groups is 1. The van der Waals surface area contributed by atoms with E-state index in [0.29, 0.717) is 31.0 Å². The smallest absolute Gasteiger partial charge is 0.224 e. The van der Waals surface area contributed by atoms with E-state index in [0.717, 1.165) is 5.56 Å². The van der Waals surface area contributed by atoms with E-state index in [2.05, 4.69) is 5.32 Å². The number of ether oxygens (including phenoxy) is 1. The molecular weight excluding hydrogens is 273 g/mol. The Morgan fingerprint density at radius 2 is 2.06 bits per heavy atom. The number of carbonyl (C=O) groups excluding carboxylic acids is 1. The van der Waals surface area contributed by atoms with Gasteiger partial charge in [-0.25, -0.2) is 0 Å². The number of alkyl halides is 1. The van der Waals surface area contributed by atoms with Crippen LogP contribution in [0.15, 0.2) is 24.3 Å². The van der Waals surface area contributed by atoms with Gasteiger partial charge in [-0.05, 0) is 24.1 Å². The van der Waals surface area contributed by atoms with Crippen LogP contribution in [0.4, 0.5) is 0 Å². The third-order valence-corrected chi connectivity index (χ3v) is 3.00. The second-order valence-electron chi connectivity index (χ2n) is 3.99. The Morgan fingerprint density at radius 1 is 1.39 bits per heavy atom. The molecule has 0 aliphatic rings. The summed E-state index contributed by atoms with van der Waals surface area (Å²) >= 11 is 11.7. The number of halogens is 2. The van der Waals surface area contributed by atoms with Gasteiger partial charge >= 0.3 is 0 Å². The predicted octanol–water partition coefficient (Wildman–Crippen LogP) is 2.64. The molecule has 0 aliphatic heterocycles. The van der Waals surface area contributed by atoms with Gasteiger partial charge in [0.1, 0.15) is 0 Å². The normalized spacial score (nSPS) is 12.2. The molecule has 1 atom stereocenters. The molecule has 5 heteroatoms. The number of hydrogen-bond acceptors (Lipinski definition) is 2. The first-order valence-electron chi connectivity index (χ1n) is 5.76. The minimum atomic E-state index is -0.0640. The van der Waals surface area contributed by atoms with Gasteiger partial charge in [-0.1, -0.05) is 23.7 Å². The molecule has 18 heavy (non-hydrogen) atoms. The van der Waals surface area contributed by atoms with Gasteiger partial charge in [-0.15, -0.1) is 11.6 Å². The highest BCUT2D eigenvalue weighted by molar-refractivity contribution is 6.30. The number of hydrogen-bond donors (Lipinski definition) is 1. The van der Waals surface area contributed by atoms with Crippen LogP contribution in [0.3, 0.4) is 0 Å². The second kappa shape index (κ2) is 8.35. The molecule has 0 saturated carbocycles. The molecule has 0 heterocycles. The molecule has 100 valence electrons. The summed E-state index contributed by atoms with van der Waals surface area (Å²) in [5.41, 5.74) is 0.941. The fourth-order valence-electron chi connectivity index (χ4n) is 1.48. The lowest BCUT2D eigenvalue weighted by molar-refractivity contribution is -0.120. The monoisotopic (exact) mass is 289 g/mol. The Kier molecular flexibility index (Phi) is 7.09. The van der Waals surface area contributed by atoms with Gasteiger partial charge in [-0.3, -0.25) is 4.79 Å². The van der Waals surface area contributed by atoms with E-state index in [-0.39, 0.29) is 11.3 Å². The fraction of sp³-hybridized carbons (Fsp3) is 0.462. The Hall–Kier alpha value is -0.770. The largest absolute Gasteiger partial charge is 0.383 e. The Balaban J connectivity index is 2.23. The average Bonchev–Trinajstić information content (AvgIpc) is 2.32. The molecule has 1 aromatic rings. The van der Waals surface area contributed by atoms with Crippen molar-refractivity contribution < 1.29 is 9.53 Å². The van der Waals surface area contributed by atoms with Gasteiger partial charge in [0.25, 0.3) is 0 Å². The highest BCUT2D eigenvalue weighted by Crippen LogP contribution is 2.09. The van der Waals surface area contributed by atoms with Crippen molar-refractivity contribution in [2.45, 2.75) is 18.2 Å². The van der Waals surface area contributed by atoms with Gasteiger partial charge in [0.15, 0.2) is 0 Å². The fourth-order valence-corrected chi connectivity index (χ4v) is 1.84. The zero-order valence-electron chi connectivity index (χ0n) is 10.3. The summed E-state index contributed by atoms with van der Waals surface area (Å²) in [6, 6.07) is 7.24. The van der Waals surface area contributed by atoms with Gasteiger partial charge < -0.3 is 10.1 Å². The summed E-state index contributed by atoms with van der Waals surface area (Å²) in [7, 11) is 1.61. The number of amides is 1. The zero-order valence-corrected chi connectivity index (χ0v) is 11.8. The number of benzene rings is 1. The highest BCUT2D eigenvalue weighted by Gasteiger charge is 2.06. The van der Waals surface area contributed by atoms with E-state index in [9.17, 15) is 4.79 Å². The maximum atomic E-state index is 11.6. The molecule has 0 bridgehead atoms. The lowest BCUT2D eigenvalue weighted by Gasteiger charge is -2.09. The van der Waals surface area contributed by atoms with Crippen LogP contribution in [0.25, 0.3) is 0 Å². The average molecular weight is 290 g/mol. The number of nitrogens with one attached hydrogen (secondary N) is 1. The third-order valence-electron chi connectivity index (χ3n) is 2.41. The van der Waals surface area contributed by atoms with Crippen LogP contribution in [0, 0.1) is 0 Å². The van der Waals surface area contributed by atoms with Crippen molar-refractivity contribution in [1.82, 2.24) is 5.32 Å². The molecule has 0 spiro atoms. The van der Waals surface area contributed by atoms with Crippen LogP contribution in [0.5, 0.6) is 0 Å². The topological polar surface area (TPSA) is 38.3 Å². The minimum Gasteiger partial charge on any atom is -0.383 e. The van der Waals surface area contributed by atoms with E-state index in [4.69, 9.17) is 27.9 Å². The Labute approximate surface area is 117 Å². The summed E-state index contributed by atoms with van der Waals surface area (Å²) in [6.45, 7) is 1.05. The molecule has 1 unspecified atom stereocenters. The molecule has 1 amide bonds. The summed E-state index contributed by atoms with van der Waals surface area (Å²) < 4.78 is 4.91. The molecule has 0 aliphatic carbocycles. The molecule has 0 saturated heterocycles. The van der Waals surface area contributed by atoms with Crippen molar-refractivity contribution in [3.8, 4) is 0 Å². The lowest BCUT2D eigenvalue weighted by Crippen LogP contribution is -2.28. The second-order valence-corrected chi connectivity index (χ2v) is 5.05. The van der Waals surface area contributed by atoms with Crippen molar-refractivity contribution in [1.29, 1.82) is 0 Å². The summed E-state index contributed by atoms with van der Waals surface area (Å²) in [4.78, 5) is 11.6. The molecule has 1 rings (SSSR count). The van der Waals surface area contributed by atoms with Crippen LogP contribution in [0.1, 0.15) is 12.0 Å². The van der Waals surface area contributed by atoms with Gasteiger partial charge in [-0.2, -0.15) is 0 Å². The van der Waals surface area contributed by atoms with Gasteiger partial charge in [0.2, 0.25) is 5.91 Å². The molecule has 3 nitrogen and oxygen atoms in total. The predicted molar refractivity (Wildman–Crippen MR) is 74.3 cm³/mol. The van der Waals surface area contributed by atoms with Crippen LogP contribution >= 0.6 is 23.2 Å². The van der Waals surface area contributed by atoms with Crippen molar-refractivity contribution in [3.63, 3.8) is 0 Å². The van der Waals surface area contributed by atoms with Crippen LogP contribution in [-0.4, -0.2) is 31.5 Å². The van der Waals surface area contributed by atoms with E-state index in [1.54, 1.807) is 19.2 Å². The Bertz CT molecular complexity index is 368. The van der Waals surface area contributed by atoms with Crippen molar-refractivity contribution in [2.75, 3.05) is 20.3 Å². The van der Waals surface area contributed by atoms with Gasteiger partial charge in [0, 0.05) is 18.7 Å². The van der Waals surface area contributed by atoms with E-state index >= 15 is 0 Å². The van der Waals surface area contributed by atoms with Gasteiger partial charge in [0.05, 0.1) is 18.4 Å². The summed E-state index contributed by atoms with van der Waals surface area (Å²) in [6.07, 6.45) is 1.05. The number of methoxy groups -OCH3 is 1. The zero-order chi connectivity index (χ0) is 13.4. The van der Waals surface area contributed by atoms with E-state index < -0.39 is 0 Å². The maximum Gasteiger partial charge on any atom is 0.224 e. The standard InChI is InChI=1S/C13H17Cl2NO2/c1-18-9-12(15)6-7-16-13(17)8-10-2-4-11(14)5-3-10/h2-5,12H,6-9H2,1H3,(H,16,17). The van der Waals surface area contributed by atoms with E-state index in [1.807, 2.05) is 12.1 Å². The first kappa shape index (κ1) is 15.3. The van der Waals surface area contributed by atoms with Crippen LogP contribution in [-0.2, 0) is 16.0 Å². The van der Waals surface area contributed by atoms with Crippen molar-refractivity contribution in [2.24, 2.45) is 0 Å². The molecule has 0 fully saturated rings. The lowest BCUT2D eigenvalue weighted by atomic mass is 10.1. The van der Waals surface area contributed by atoms with Crippen LogP contribution < -0.4 is 5.32 Å².